The Labute approximate surface area is 156 Å². The Morgan fingerprint density at radius 3 is 2.72 bits per heavy atom. The predicted molar refractivity (Wildman–Crippen MR) is 105 cm³/mol. The zero-order valence-electron chi connectivity index (χ0n) is 15.4. The van der Waals surface area contributed by atoms with Gasteiger partial charge in [-0.15, -0.1) is 0 Å². The first-order chi connectivity index (χ1) is 12.2. The predicted octanol–water partition coefficient (Wildman–Crippen LogP) is 2.75. The molecule has 0 radical (unpaired) electrons. The van der Waals surface area contributed by atoms with Crippen molar-refractivity contribution in [3.05, 3.63) is 34.9 Å². The number of guanidine groups is 1. The van der Waals surface area contributed by atoms with E-state index in [1.165, 1.54) is 12.8 Å². The lowest BCUT2D eigenvalue weighted by Crippen LogP contribution is -2.43. The molecular formula is C19H31ClN4O. The second-order valence-corrected chi connectivity index (χ2v) is 6.85. The molecule has 0 spiro atoms. The maximum absolute atomic E-state index is 6.21. The molecule has 2 N–H and O–H groups in total. The fraction of sp³-hybridized carbons (Fsp3) is 0.632. The Hall–Kier alpha value is -1.30. The first kappa shape index (κ1) is 20.0. The fourth-order valence-electron chi connectivity index (χ4n) is 3.01. The van der Waals surface area contributed by atoms with Crippen LogP contribution in [-0.2, 0) is 11.3 Å². The normalized spacial score (nSPS) is 16.8. The summed E-state index contributed by atoms with van der Waals surface area (Å²) in [7, 11) is 1.76. The van der Waals surface area contributed by atoms with Crippen molar-refractivity contribution in [2.45, 2.75) is 26.3 Å². The van der Waals surface area contributed by atoms with E-state index < -0.39 is 0 Å². The number of hydrogen-bond acceptors (Lipinski definition) is 3. The van der Waals surface area contributed by atoms with E-state index in [0.29, 0.717) is 12.5 Å². The lowest BCUT2D eigenvalue weighted by Gasteiger charge is -2.32. The van der Waals surface area contributed by atoms with Crippen molar-refractivity contribution >= 4 is 17.6 Å². The van der Waals surface area contributed by atoms with Crippen LogP contribution in [-0.4, -0.2) is 57.3 Å². The first-order valence-electron chi connectivity index (χ1n) is 9.19. The molecule has 5 nitrogen and oxygen atoms in total. The number of hydrogen-bond donors (Lipinski definition) is 2. The number of likely N-dealkylation sites (tertiary alicyclic amines) is 1. The van der Waals surface area contributed by atoms with Crippen LogP contribution in [0.25, 0.3) is 0 Å². The van der Waals surface area contributed by atoms with Gasteiger partial charge in [0.15, 0.2) is 5.96 Å². The van der Waals surface area contributed by atoms with E-state index in [-0.39, 0.29) is 0 Å². The van der Waals surface area contributed by atoms with E-state index in [4.69, 9.17) is 16.3 Å². The van der Waals surface area contributed by atoms with Gasteiger partial charge in [-0.1, -0.05) is 29.8 Å². The zero-order valence-corrected chi connectivity index (χ0v) is 16.2. The Morgan fingerprint density at radius 2 is 2.04 bits per heavy atom. The van der Waals surface area contributed by atoms with E-state index in [0.717, 1.165) is 55.9 Å². The van der Waals surface area contributed by atoms with E-state index in [1.807, 2.05) is 24.3 Å². The summed E-state index contributed by atoms with van der Waals surface area (Å²) in [6.45, 7) is 8.66. The molecule has 1 fully saturated rings. The van der Waals surface area contributed by atoms with Gasteiger partial charge in [-0.25, -0.2) is 4.99 Å². The van der Waals surface area contributed by atoms with Gasteiger partial charge in [0.2, 0.25) is 0 Å². The summed E-state index contributed by atoms with van der Waals surface area (Å²) < 4.78 is 5.16. The minimum atomic E-state index is 0.588. The van der Waals surface area contributed by atoms with Gasteiger partial charge >= 0.3 is 0 Å². The van der Waals surface area contributed by atoms with Crippen LogP contribution < -0.4 is 10.6 Å². The van der Waals surface area contributed by atoms with Gasteiger partial charge in [-0.05, 0) is 50.4 Å². The smallest absolute Gasteiger partial charge is 0.191 e. The van der Waals surface area contributed by atoms with Crippen LogP contribution in [0.5, 0.6) is 0 Å². The van der Waals surface area contributed by atoms with Gasteiger partial charge in [0.05, 0.1) is 13.2 Å². The molecular weight excluding hydrogens is 336 g/mol. The maximum atomic E-state index is 6.21. The number of ether oxygens (including phenoxy) is 1. The third kappa shape index (κ3) is 7.22. The molecule has 1 heterocycles. The van der Waals surface area contributed by atoms with Crippen molar-refractivity contribution in [1.29, 1.82) is 0 Å². The van der Waals surface area contributed by atoms with E-state index in [2.05, 4.69) is 27.4 Å². The molecule has 1 aliphatic heterocycles. The maximum Gasteiger partial charge on any atom is 0.191 e. The standard InChI is InChI=1S/C19H31ClN4O/c1-3-21-19(23-15-17-6-4-5-7-18(17)20)22-14-16-8-10-24(11-9-16)12-13-25-2/h4-7,16H,3,8-15H2,1-2H3,(H2,21,22,23). The van der Waals surface area contributed by atoms with Crippen LogP contribution in [0.15, 0.2) is 29.3 Å². The molecule has 0 aromatic heterocycles. The third-order valence-electron chi connectivity index (χ3n) is 4.59. The molecule has 25 heavy (non-hydrogen) atoms. The molecule has 1 saturated heterocycles. The quantitative estimate of drug-likeness (QED) is 0.548. The van der Waals surface area contributed by atoms with Gasteiger partial charge in [0.25, 0.3) is 0 Å². The summed E-state index contributed by atoms with van der Waals surface area (Å²) in [6, 6.07) is 7.86. The highest BCUT2D eigenvalue weighted by atomic mass is 35.5. The third-order valence-corrected chi connectivity index (χ3v) is 4.96. The first-order valence-corrected chi connectivity index (χ1v) is 9.57. The average Bonchev–Trinajstić information content (AvgIpc) is 2.64. The Bertz CT molecular complexity index is 530. The molecule has 1 aliphatic rings. The number of benzene rings is 1. The topological polar surface area (TPSA) is 48.9 Å². The number of nitrogens with one attached hydrogen (secondary N) is 2. The van der Waals surface area contributed by atoms with Gasteiger partial charge in [-0.2, -0.15) is 0 Å². The number of aliphatic imine (C=N–C) groups is 1. The molecule has 2 rings (SSSR count). The minimum Gasteiger partial charge on any atom is -0.383 e. The van der Waals surface area contributed by atoms with Crippen LogP contribution in [0.1, 0.15) is 25.3 Å². The number of methoxy groups -OCH3 is 1. The molecule has 6 heteroatoms. The van der Waals surface area contributed by atoms with Gasteiger partial charge in [-0.3, -0.25) is 0 Å². The molecule has 1 aromatic carbocycles. The van der Waals surface area contributed by atoms with Gasteiger partial charge in [0, 0.05) is 31.8 Å². The Morgan fingerprint density at radius 1 is 1.28 bits per heavy atom. The molecule has 0 atom stereocenters. The molecule has 0 aliphatic carbocycles. The molecule has 140 valence electrons. The molecule has 1 aromatic rings. The SMILES string of the molecule is CCNC(=NCc1ccccc1Cl)NCC1CCN(CCOC)CC1. The van der Waals surface area contributed by atoms with E-state index >= 15 is 0 Å². The highest BCUT2D eigenvalue weighted by Gasteiger charge is 2.18. The lowest BCUT2D eigenvalue weighted by atomic mass is 9.97. The lowest BCUT2D eigenvalue weighted by molar-refractivity contribution is 0.121. The zero-order chi connectivity index (χ0) is 17.9. The van der Waals surface area contributed by atoms with Crippen molar-refractivity contribution in [3.63, 3.8) is 0 Å². The summed E-state index contributed by atoms with van der Waals surface area (Å²) in [6.07, 6.45) is 2.45. The summed E-state index contributed by atoms with van der Waals surface area (Å²) in [5, 5.41) is 7.58. The summed E-state index contributed by atoms with van der Waals surface area (Å²) in [5.74, 6) is 1.56. The van der Waals surface area contributed by atoms with Crippen LogP contribution in [0, 0.1) is 5.92 Å². The summed E-state index contributed by atoms with van der Waals surface area (Å²) in [4.78, 5) is 7.15. The van der Waals surface area contributed by atoms with Crippen LogP contribution in [0.4, 0.5) is 0 Å². The van der Waals surface area contributed by atoms with Crippen molar-refractivity contribution in [1.82, 2.24) is 15.5 Å². The second kappa shape index (κ2) is 11.3. The minimum absolute atomic E-state index is 0.588. The van der Waals surface area contributed by atoms with E-state index in [1.54, 1.807) is 7.11 Å². The molecule has 0 saturated carbocycles. The average molecular weight is 367 g/mol. The Kier molecular flexibility index (Phi) is 9.08. The number of halogens is 1. The van der Waals surface area contributed by atoms with Gasteiger partial charge < -0.3 is 20.3 Å². The number of rotatable bonds is 8. The highest BCUT2D eigenvalue weighted by molar-refractivity contribution is 6.31. The number of nitrogens with zero attached hydrogens (tertiary/aromatic N) is 2. The monoisotopic (exact) mass is 366 g/mol. The van der Waals surface area contributed by atoms with Crippen LogP contribution in [0.3, 0.4) is 0 Å². The molecule has 0 unspecified atom stereocenters. The van der Waals surface area contributed by atoms with Crippen molar-refractivity contribution in [3.8, 4) is 0 Å². The van der Waals surface area contributed by atoms with Gasteiger partial charge in [0.1, 0.15) is 0 Å². The largest absolute Gasteiger partial charge is 0.383 e. The Balaban J connectivity index is 1.78. The highest BCUT2D eigenvalue weighted by Crippen LogP contribution is 2.17. The van der Waals surface area contributed by atoms with Crippen LogP contribution in [0.2, 0.25) is 5.02 Å². The van der Waals surface area contributed by atoms with Crippen molar-refractivity contribution in [2.75, 3.05) is 46.4 Å². The fourth-order valence-corrected chi connectivity index (χ4v) is 3.20. The van der Waals surface area contributed by atoms with Crippen molar-refractivity contribution in [2.24, 2.45) is 10.9 Å². The summed E-state index contributed by atoms with van der Waals surface area (Å²) >= 11 is 6.21. The number of piperidine rings is 1. The molecule has 0 amide bonds. The van der Waals surface area contributed by atoms with Crippen LogP contribution >= 0.6 is 11.6 Å². The molecule has 0 bridgehead atoms. The second-order valence-electron chi connectivity index (χ2n) is 6.45. The summed E-state index contributed by atoms with van der Waals surface area (Å²) in [5.41, 5.74) is 1.05. The van der Waals surface area contributed by atoms with Crippen molar-refractivity contribution < 1.29 is 4.74 Å². The van der Waals surface area contributed by atoms with E-state index in [9.17, 15) is 0 Å².